The molecule has 7 heteroatoms. The number of hydrogen-bond donors (Lipinski definition) is 1. The monoisotopic (exact) mass is 400 g/mol. The Morgan fingerprint density at radius 1 is 1.21 bits per heavy atom. The molecule has 2 heterocycles. The van der Waals surface area contributed by atoms with Crippen molar-refractivity contribution in [3.05, 3.63) is 64.2 Å². The molecule has 3 amide bonds. The average molecular weight is 401 g/mol. The highest BCUT2D eigenvalue weighted by Crippen LogP contribution is 2.34. The summed E-state index contributed by atoms with van der Waals surface area (Å²) < 4.78 is 10.9. The third-order valence-electron chi connectivity index (χ3n) is 5.18. The first kappa shape index (κ1) is 18.8. The summed E-state index contributed by atoms with van der Waals surface area (Å²) in [4.78, 5) is 26.9. The quantitative estimate of drug-likeness (QED) is 0.778. The molecule has 6 nitrogen and oxygen atoms in total. The summed E-state index contributed by atoms with van der Waals surface area (Å²) in [5.41, 5.74) is 1.70. The van der Waals surface area contributed by atoms with Crippen LogP contribution in [0.2, 0.25) is 5.02 Å². The topological polar surface area (TPSA) is 67.9 Å². The fourth-order valence-corrected chi connectivity index (χ4v) is 3.91. The minimum atomic E-state index is -0.935. The summed E-state index contributed by atoms with van der Waals surface area (Å²) in [6, 6.07) is 13.0. The minimum absolute atomic E-state index is 0.106. The van der Waals surface area contributed by atoms with Gasteiger partial charge in [-0.15, -0.1) is 0 Å². The summed E-state index contributed by atoms with van der Waals surface area (Å²) in [5.74, 6) is 0.392. The third-order valence-corrected chi connectivity index (χ3v) is 5.40. The van der Waals surface area contributed by atoms with E-state index in [2.05, 4.69) is 5.32 Å². The van der Waals surface area contributed by atoms with Crippen molar-refractivity contribution in [1.29, 1.82) is 0 Å². The van der Waals surface area contributed by atoms with Crippen molar-refractivity contribution in [2.24, 2.45) is 0 Å². The zero-order chi connectivity index (χ0) is 19.7. The Balaban J connectivity index is 1.53. The predicted octanol–water partition coefficient (Wildman–Crippen LogP) is 3.65. The number of nitrogens with zero attached hydrogens (tertiary/aromatic N) is 1. The lowest BCUT2D eigenvalue weighted by Gasteiger charge is -2.24. The van der Waals surface area contributed by atoms with Crippen LogP contribution in [0.5, 0.6) is 5.75 Å². The molecule has 0 bridgehead atoms. The molecule has 0 aliphatic carbocycles. The number of hydrogen-bond acceptors (Lipinski definition) is 4. The summed E-state index contributed by atoms with van der Waals surface area (Å²) in [6.45, 7) is 2.40. The summed E-state index contributed by atoms with van der Waals surface area (Å²) >= 11 is 6.20. The minimum Gasteiger partial charge on any atom is -0.467 e. The number of carbonyl (C=O) groups excluding carboxylic acids is 2. The largest absolute Gasteiger partial charge is 0.467 e. The number of halogens is 1. The van der Waals surface area contributed by atoms with E-state index in [4.69, 9.17) is 21.1 Å². The molecular formula is C21H21ClN2O4. The second kappa shape index (κ2) is 7.45. The number of amides is 3. The lowest BCUT2D eigenvalue weighted by molar-refractivity contribution is -0.131. The van der Waals surface area contributed by atoms with Gasteiger partial charge in [-0.1, -0.05) is 41.9 Å². The van der Waals surface area contributed by atoms with Crippen LogP contribution in [0.3, 0.4) is 0 Å². The van der Waals surface area contributed by atoms with Crippen LogP contribution in [-0.2, 0) is 29.1 Å². The van der Waals surface area contributed by atoms with E-state index in [-0.39, 0.29) is 19.2 Å². The zero-order valence-corrected chi connectivity index (χ0v) is 16.3. The molecule has 0 spiro atoms. The molecule has 2 aliphatic heterocycles. The van der Waals surface area contributed by atoms with E-state index in [0.717, 1.165) is 11.1 Å². The summed E-state index contributed by atoms with van der Waals surface area (Å²) in [7, 11) is 0. The first-order valence-corrected chi connectivity index (χ1v) is 9.54. The molecule has 1 atom stereocenters. The molecule has 2 aromatic carbocycles. The van der Waals surface area contributed by atoms with Gasteiger partial charge in [0.25, 0.3) is 5.91 Å². The summed E-state index contributed by atoms with van der Waals surface area (Å²) in [6.07, 6.45) is 1.22. The number of fused-ring (bicyclic) bond motifs is 1. The predicted molar refractivity (Wildman–Crippen MR) is 104 cm³/mol. The van der Waals surface area contributed by atoms with E-state index in [0.29, 0.717) is 35.8 Å². The molecule has 1 fully saturated rings. The maximum absolute atomic E-state index is 13.1. The molecule has 146 valence electrons. The van der Waals surface area contributed by atoms with Crippen molar-refractivity contribution < 1.29 is 19.1 Å². The van der Waals surface area contributed by atoms with Crippen molar-refractivity contribution in [3.63, 3.8) is 0 Å². The second-order valence-electron chi connectivity index (χ2n) is 7.30. The highest BCUT2D eigenvalue weighted by molar-refractivity contribution is 6.30. The van der Waals surface area contributed by atoms with Crippen molar-refractivity contribution in [2.45, 2.75) is 38.5 Å². The highest BCUT2D eigenvalue weighted by atomic mass is 35.5. The SMILES string of the molecule is C[C@@]1(CCc2ccccc2)NC(=O)N(Cc2cc(Cl)cc3c2OCOC3)C1=O. The van der Waals surface area contributed by atoms with Crippen molar-refractivity contribution in [2.75, 3.05) is 6.79 Å². The van der Waals surface area contributed by atoms with E-state index in [1.54, 1.807) is 19.1 Å². The van der Waals surface area contributed by atoms with Crippen LogP contribution < -0.4 is 10.1 Å². The number of aryl methyl sites for hydroxylation is 1. The Morgan fingerprint density at radius 2 is 2.00 bits per heavy atom. The number of urea groups is 1. The lowest BCUT2D eigenvalue weighted by Crippen LogP contribution is -2.44. The maximum Gasteiger partial charge on any atom is 0.325 e. The molecule has 0 saturated carbocycles. The van der Waals surface area contributed by atoms with Crippen LogP contribution in [0.4, 0.5) is 4.79 Å². The Kier molecular flexibility index (Phi) is 5.00. The Bertz CT molecular complexity index is 918. The Hall–Kier alpha value is -2.57. The molecule has 0 aromatic heterocycles. The van der Waals surface area contributed by atoms with E-state index >= 15 is 0 Å². The molecule has 2 aromatic rings. The van der Waals surface area contributed by atoms with Crippen LogP contribution in [0.1, 0.15) is 30.0 Å². The van der Waals surface area contributed by atoms with Crippen LogP contribution >= 0.6 is 11.6 Å². The van der Waals surface area contributed by atoms with E-state index in [9.17, 15) is 9.59 Å². The standard InChI is InChI=1S/C21H21ClN2O4/c1-21(8-7-14-5-3-2-4-6-14)19(25)24(20(26)23-21)11-15-9-17(22)10-16-12-27-13-28-18(15)16/h2-6,9-10H,7-8,11-13H2,1H3,(H,23,26)/t21-/m0/s1. The Labute approximate surface area is 168 Å². The molecule has 0 unspecified atom stereocenters. The zero-order valence-electron chi connectivity index (χ0n) is 15.5. The number of ether oxygens (including phenoxy) is 2. The van der Waals surface area contributed by atoms with Crippen molar-refractivity contribution in [1.82, 2.24) is 10.2 Å². The van der Waals surface area contributed by atoms with Gasteiger partial charge in [0.05, 0.1) is 13.2 Å². The van der Waals surface area contributed by atoms with Gasteiger partial charge in [0.1, 0.15) is 11.3 Å². The van der Waals surface area contributed by atoms with Gasteiger partial charge in [-0.2, -0.15) is 0 Å². The van der Waals surface area contributed by atoms with Gasteiger partial charge in [-0.3, -0.25) is 9.69 Å². The molecule has 4 rings (SSSR count). The van der Waals surface area contributed by atoms with Gasteiger partial charge in [0.15, 0.2) is 6.79 Å². The lowest BCUT2D eigenvalue weighted by atomic mass is 9.93. The smallest absolute Gasteiger partial charge is 0.325 e. The number of benzene rings is 2. The van der Waals surface area contributed by atoms with Crippen LogP contribution in [0, 0.1) is 0 Å². The van der Waals surface area contributed by atoms with Gasteiger partial charge in [-0.25, -0.2) is 4.79 Å². The van der Waals surface area contributed by atoms with E-state index in [1.165, 1.54) is 4.90 Å². The maximum atomic E-state index is 13.1. The van der Waals surface area contributed by atoms with Crippen molar-refractivity contribution in [3.8, 4) is 5.75 Å². The third kappa shape index (κ3) is 3.57. The first-order valence-electron chi connectivity index (χ1n) is 9.16. The number of nitrogens with one attached hydrogen (secondary N) is 1. The fourth-order valence-electron chi connectivity index (χ4n) is 3.64. The molecule has 28 heavy (non-hydrogen) atoms. The van der Waals surface area contributed by atoms with Gasteiger partial charge in [0.2, 0.25) is 0 Å². The molecule has 1 saturated heterocycles. The number of rotatable bonds is 5. The van der Waals surface area contributed by atoms with Crippen LogP contribution in [0.15, 0.2) is 42.5 Å². The average Bonchev–Trinajstić information content (AvgIpc) is 2.90. The second-order valence-corrected chi connectivity index (χ2v) is 7.74. The van der Waals surface area contributed by atoms with Gasteiger partial charge in [-0.05, 0) is 37.5 Å². The Morgan fingerprint density at radius 3 is 2.79 bits per heavy atom. The van der Waals surface area contributed by atoms with Gasteiger partial charge in [0, 0.05) is 16.1 Å². The highest BCUT2D eigenvalue weighted by Gasteiger charge is 2.47. The molecule has 0 radical (unpaired) electrons. The molecule has 2 aliphatic rings. The van der Waals surface area contributed by atoms with Crippen molar-refractivity contribution >= 4 is 23.5 Å². The van der Waals surface area contributed by atoms with Gasteiger partial charge >= 0.3 is 6.03 Å². The van der Waals surface area contributed by atoms with E-state index < -0.39 is 11.6 Å². The van der Waals surface area contributed by atoms with E-state index in [1.807, 2.05) is 30.3 Å². The summed E-state index contributed by atoms with van der Waals surface area (Å²) in [5, 5.41) is 3.37. The number of imide groups is 1. The van der Waals surface area contributed by atoms with Crippen LogP contribution in [0.25, 0.3) is 0 Å². The molecule has 1 N–H and O–H groups in total. The molecular weight excluding hydrogens is 380 g/mol. The van der Waals surface area contributed by atoms with Crippen LogP contribution in [-0.4, -0.2) is 29.2 Å². The number of carbonyl (C=O) groups is 2. The van der Waals surface area contributed by atoms with Gasteiger partial charge < -0.3 is 14.8 Å². The normalized spacial score (nSPS) is 21.3. The fraction of sp³-hybridized carbons (Fsp3) is 0.333. The first-order chi connectivity index (χ1) is 13.5.